The van der Waals surface area contributed by atoms with Crippen molar-refractivity contribution in [2.45, 2.75) is 31.8 Å². The van der Waals surface area contributed by atoms with Crippen LogP contribution in [0.15, 0.2) is 36.5 Å². The van der Waals surface area contributed by atoms with Gasteiger partial charge in [-0.2, -0.15) is 0 Å². The van der Waals surface area contributed by atoms with Crippen LogP contribution in [0.25, 0.3) is 10.9 Å². The Balaban J connectivity index is 1.78. The zero-order chi connectivity index (χ0) is 14.4. The van der Waals surface area contributed by atoms with Crippen LogP contribution in [0.4, 0.5) is 0 Å². The number of ether oxygens (including phenoxy) is 1. The predicted octanol–water partition coefficient (Wildman–Crippen LogP) is 2.49. The van der Waals surface area contributed by atoms with E-state index in [-0.39, 0.29) is 0 Å². The second-order valence-electron chi connectivity index (χ2n) is 5.36. The Kier molecular flexibility index (Phi) is 4.93. The Morgan fingerprint density at radius 3 is 2.95 bits per heavy atom. The van der Waals surface area contributed by atoms with Gasteiger partial charge in [-0.3, -0.25) is 4.98 Å². The van der Waals surface area contributed by atoms with Crippen molar-refractivity contribution in [2.75, 3.05) is 13.2 Å². The molecule has 2 aromatic rings. The highest BCUT2D eigenvalue weighted by Gasteiger charge is 2.16. The summed E-state index contributed by atoms with van der Waals surface area (Å²) in [5.74, 6) is 0.835. The number of fused-ring (bicyclic) bond motifs is 1. The molecule has 4 heteroatoms. The highest BCUT2D eigenvalue weighted by Crippen LogP contribution is 2.19. The van der Waals surface area contributed by atoms with E-state index in [2.05, 4.69) is 4.98 Å². The van der Waals surface area contributed by atoms with Gasteiger partial charge in [-0.15, -0.1) is 0 Å². The monoisotopic (exact) mass is 274 g/mol. The molecular formula is C16H22N2O2. The Hall–Kier alpha value is -1.65. The number of benzene rings is 1. The van der Waals surface area contributed by atoms with Crippen molar-refractivity contribution in [2.24, 2.45) is 5.73 Å². The van der Waals surface area contributed by atoms with Crippen molar-refractivity contribution in [3.05, 3.63) is 36.5 Å². The van der Waals surface area contributed by atoms with E-state index < -0.39 is 5.60 Å². The van der Waals surface area contributed by atoms with Gasteiger partial charge in [0.05, 0.1) is 17.7 Å². The summed E-state index contributed by atoms with van der Waals surface area (Å²) in [6.07, 6.45) is 4.28. The summed E-state index contributed by atoms with van der Waals surface area (Å²) in [6, 6.07) is 9.87. The number of hydrogen-bond acceptors (Lipinski definition) is 4. The van der Waals surface area contributed by atoms with Crippen LogP contribution in [-0.2, 0) is 0 Å². The lowest BCUT2D eigenvalue weighted by Gasteiger charge is -2.20. The first-order valence-electron chi connectivity index (χ1n) is 7.01. The number of aromatic nitrogens is 1. The van der Waals surface area contributed by atoms with Crippen LogP contribution in [0, 0.1) is 0 Å². The molecule has 0 amide bonds. The van der Waals surface area contributed by atoms with Gasteiger partial charge in [0, 0.05) is 24.2 Å². The van der Waals surface area contributed by atoms with E-state index in [4.69, 9.17) is 10.5 Å². The molecule has 0 spiro atoms. The van der Waals surface area contributed by atoms with Gasteiger partial charge in [0.2, 0.25) is 0 Å². The molecule has 1 aromatic carbocycles. The predicted molar refractivity (Wildman–Crippen MR) is 80.8 cm³/mol. The zero-order valence-electron chi connectivity index (χ0n) is 11.9. The molecule has 4 nitrogen and oxygen atoms in total. The second-order valence-corrected chi connectivity index (χ2v) is 5.36. The van der Waals surface area contributed by atoms with E-state index in [9.17, 15) is 5.11 Å². The normalized spacial score (nSPS) is 14.2. The molecule has 0 aliphatic heterocycles. The van der Waals surface area contributed by atoms with E-state index in [0.29, 0.717) is 19.6 Å². The minimum absolute atomic E-state index is 0.296. The Labute approximate surface area is 119 Å². The van der Waals surface area contributed by atoms with Crippen LogP contribution in [0.3, 0.4) is 0 Å². The van der Waals surface area contributed by atoms with Gasteiger partial charge in [0.15, 0.2) is 0 Å². The number of aliphatic hydroxyl groups is 1. The summed E-state index contributed by atoms with van der Waals surface area (Å²) in [6.45, 7) is 2.70. The van der Waals surface area contributed by atoms with Crippen LogP contribution in [-0.4, -0.2) is 28.8 Å². The van der Waals surface area contributed by atoms with Crippen molar-refractivity contribution >= 4 is 10.9 Å². The Morgan fingerprint density at radius 2 is 2.15 bits per heavy atom. The first kappa shape index (κ1) is 14.8. The molecule has 0 radical (unpaired) electrons. The minimum Gasteiger partial charge on any atom is -0.494 e. The Morgan fingerprint density at radius 1 is 1.30 bits per heavy atom. The number of nitrogens with two attached hydrogens (primary N) is 1. The Bertz CT molecular complexity index is 555. The van der Waals surface area contributed by atoms with Gasteiger partial charge in [0.25, 0.3) is 0 Å². The summed E-state index contributed by atoms with van der Waals surface area (Å²) in [4.78, 5) is 4.30. The van der Waals surface area contributed by atoms with Gasteiger partial charge in [0.1, 0.15) is 5.75 Å². The molecule has 1 atom stereocenters. The number of nitrogens with zero attached hydrogens (tertiary/aromatic N) is 1. The van der Waals surface area contributed by atoms with Crippen molar-refractivity contribution in [1.29, 1.82) is 0 Å². The lowest BCUT2D eigenvalue weighted by molar-refractivity contribution is 0.0562. The first-order valence-corrected chi connectivity index (χ1v) is 7.01. The van der Waals surface area contributed by atoms with Crippen LogP contribution in [0.1, 0.15) is 26.2 Å². The maximum absolute atomic E-state index is 9.78. The average molecular weight is 274 g/mol. The first-order chi connectivity index (χ1) is 9.61. The van der Waals surface area contributed by atoms with E-state index in [0.717, 1.165) is 29.5 Å². The van der Waals surface area contributed by atoms with Gasteiger partial charge in [-0.05, 0) is 44.4 Å². The van der Waals surface area contributed by atoms with E-state index in [1.807, 2.05) is 30.3 Å². The van der Waals surface area contributed by atoms with Gasteiger partial charge in [-0.25, -0.2) is 0 Å². The maximum Gasteiger partial charge on any atom is 0.121 e. The number of rotatable bonds is 7. The lowest BCUT2D eigenvalue weighted by atomic mass is 10.00. The van der Waals surface area contributed by atoms with Crippen molar-refractivity contribution in [3.63, 3.8) is 0 Å². The highest BCUT2D eigenvalue weighted by molar-refractivity contribution is 5.79. The van der Waals surface area contributed by atoms with Crippen LogP contribution in [0.2, 0.25) is 0 Å². The molecule has 0 saturated heterocycles. The third-order valence-electron chi connectivity index (χ3n) is 3.40. The fourth-order valence-corrected chi connectivity index (χ4v) is 2.04. The summed E-state index contributed by atoms with van der Waals surface area (Å²) in [7, 11) is 0. The summed E-state index contributed by atoms with van der Waals surface area (Å²) in [5.41, 5.74) is 5.66. The van der Waals surface area contributed by atoms with E-state index in [1.54, 1.807) is 13.1 Å². The van der Waals surface area contributed by atoms with Crippen LogP contribution < -0.4 is 10.5 Å². The summed E-state index contributed by atoms with van der Waals surface area (Å²) >= 11 is 0. The number of pyridine rings is 1. The molecule has 0 aliphatic carbocycles. The van der Waals surface area contributed by atoms with Gasteiger partial charge < -0.3 is 15.6 Å². The second kappa shape index (κ2) is 6.68. The summed E-state index contributed by atoms with van der Waals surface area (Å²) < 4.78 is 5.71. The molecule has 0 saturated carbocycles. The SMILES string of the molecule is CC(O)(CN)CCCCOc1ccc2cccnc2c1. The van der Waals surface area contributed by atoms with E-state index >= 15 is 0 Å². The topological polar surface area (TPSA) is 68.4 Å². The molecule has 2 rings (SSSR count). The fourth-order valence-electron chi connectivity index (χ4n) is 2.04. The average Bonchev–Trinajstić information content (AvgIpc) is 2.46. The largest absolute Gasteiger partial charge is 0.494 e. The number of unbranched alkanes of at least 4 members (excludes halogenated alkanes) is 1. The fraction of sp³-hybridized carbons (Fsp3) is 0.438. The van der Waals surface area contributed by atoms with Crippen molar-refractivity contribution in [1.82, 2.24) is 4.98 Å². The quantitative estimate of drug-likeness (QED) is 0.761. The third-order valence-corrected chi connectivity index (χ3v) is 3.40. The van der Waals surface area contributed by atoms with Crippen molar-refractivity contribution in [3.8, 4) is 5.75 Å². The summed E-state index contributed by atoms with van der Waals surface area (Å²) in [5, 5.41) is 10.9. The molecule has 3 N–H and O–H groups in total. The smallest absolute Gasteiger partial charge is 0.121 e. The highest BCUT2D eigenvalue weighted by atomic mass is 16.5. The number of hydrogen-bond donors (Lipinski definition) is 2. The maximum atomic E-state index is 9.78. The molecule has 1 unspecified atom stereocenters. The van der Waals surface area contributed by atoms with Crippen LogP contribution >= 0.6 is 0 Å². The third kappa shape index (κ3) is 4.18. The molecule has 0 fully saturated rings. The standard InChI is InChI=1S/C16H22N2O2/c1-16(19,12-17)8-2-3-10-20-14-7-6-13-5-4-9-18-15(13)11-14/h4-7,9,11,19H,2-3,8,10,12,17H2,1H3. The molecule has 1 heterocycles. The molecule has 20 heavy (non-hydrogen) atoms. The van der Waals surface area contributed by atoms with E-state index in [1.165, 1.54) is 0 Å². The molecule has 1 aromatic heterocycles. The molecule has 108 valence electrons. The molecular weight excluding hydrogens is 252 g/mol. The lowest BCUT2D eigenvalue weighted by Crippen LogP contribution is -2.33. The van der Waals surface area contributed by atoms with Crippen LogP contribution in [0.5, 0.6) is 5.75 Å². The van der Waals surface area contributed by atoms with Gasteiger partial charge in [-0.1, -0.05) is 6.07 Å². The molecule has 0 bridgehead atoms. The van der Waals surface area contributed by atoms with Gasteiger partial charge >= 0.3 is 0 Å². The zero-order valence-corrected chi connectivity index (χ0v) is 11.9. The van der Waals surface area contributed by atoms with Crippen molar-refractivity contribution < 1.29 is 9.84 Å². The molecule has 0 aliphatic rings. The minimum atomic E-state index is -0.757.